The molecule has 36 heavy (non-hydrogen) atoms. The van der Waals surface area contributed by atoms with Crippen molar-refractivity contribution < 1.29 is 72.7 Å². The third-order valence-electron chi connectivity index (χ3n) is 5.13. The van der Waals surface area contributed by atoms with Crippen LogP contribution in [0.5, 0.6) is 0 Å². The minimum absolute atomic E-state index is 0. The number of hydrogen-bond acceptors (Lipinski definition) is 12. The number of thiazole rings is 1. The van der Waals surface area contributed by atoms with Crippen LogP contribution in [0.15, 0.2) is 10.5 Å². The van der Waals surface area contributed by atoms with Gasteiger partial charge < -0.3 is 32.7 Å². The van der Waals surface area contributed by atoms with Crippen LogP contribution in [-0.2, 0) is 34.3 Å². The van der Waals surface area contributed by atoms with Gasteiger partial charge in [0, 0.05) is 18.5 Å². The number of nitrogens with zero attached hydrogens (tertiary/aromatic N) is 4. The Balaban J connectivity index is 0.00000342. The van der Waals surface area contributed by atoms with Crippen LogP contribution < -0.4 is 46.3 Å². The predicted octanol–water partition coefficient (Wildman–Crippen LogP) is -4.83. The number of nitrogen functional groups attached to an aromatic ring is 1. The number of oxime groups is 1. The Bertz CT molecular complexity index is 1140. The SMILES string of the molecule is NC(=O)OC[C@@H]1[C@H](NC(=O)/C(=N\OCC(=O)N2CCCCC2)c2csc(N)n2)C(=O)N1S(=O)(=O)O.[H-].[Na+]. The molecule has 0 spiro atoms. The molecule has 194 valence electrons. The molecule has 2 fully saturated rings. The summed E-state index contributed by atoms with van der Waals surface area (Å²) in [5.74, 6) is -2.55. The second-order valence-corrected chi connectivity index (χ2v) is 9.66. The van der Waals surface area contributed by atoms with Gasteiger partial charge in [0.1, 0.15) is 24.4 Å². The summed E-state index contributed by atoms with van der Waals surface area (Å²) in [5.41, 5.74) is 10.0. The molecule has 16 nitrogen and oxygen atoms in total. The number of carbonyl (C=O) groups is 4. The van der Waals surface area contributed by atoms with Crippen molar-refractivity contribution in [2.75, 3.05) is 32.0 Å². The van der Waals surface area contributed by atoms with Crippen LogP contribution in [0.4, 0.5) is 9.93 Å². The molecule has 3 rings (SSSR count). The fourth-order valence-electron chi connectivity index (χ4n) is 3.49. The Morgan fingerprint density at radius 1 is 1.31 bits per heavy atom. The summed E-state index contributed by atoms with van der Waals surface area (Å²) in [5, 5.41) is 7.40. The van der Waals surface area contributed by atoms with E-state index >= 15 is 0 Å². The normalized spacial score (nSPS) is 20.1. The molecule has 0 bridgehead atoms. The molecule has 0 unspecified atom stereocenters. The average molecular weight is 558 g/mol. The molecule has 6 N–H and O–H groups in total. The van der Waals surface area contributed by atoms with E-state index in [0.717, 1.165) is 30.6 Å². The van der Waals surface area contributed by atoms with E-state index in [4.69, 9.17) is 16.3 Å². The quantitative estimate of drug-likeness (QED) is 0.0738. The second-order valence-electron chi connectivity index (χ2n) is 7.49. The van der Waals surface area contributed by atoms with Crippen molar-refractivity contribution in [2.45, 2.75) is 31.3 Å². The summed E-state index contributed by atoms with van der Waals surface area (Å²) in [6.07, 6.45) is 1.50. The summed E-state index contributed by atoms with van der Waals surface area (Å²) >= 11 is 0.984. The molecule has 4 amide bonds. The van der Waals surface area contributed by atoms with Crippen LogP contribution in [0, 0.1) is 0 Å². The molecule has 0 saturated carbocycles. The van der Waals surface area contributed by atoms with Gasteiger partial charge in [-0.25, -0.2) is 14.1 Å². The number of ether oxygens (including phenoxy) is 1. The maximum atomic E-state index is 12.9. The van der Waals surface area contributed by atoms with E-state index in [1.807, 2.05) is 0 Å². The summed E-state index contributed by atoms with van der Waals surface area (Å²) in [6, 6.07) is -3.00. The van der Waals surface area contributed by atoms with Crippen molar-refractivity contribution >= 4 is 56.3 Å². The van der Waals surface area contributed by atoms with Gasteiger partial charge in [0.05, 0.1) is 0 Å². The summed E-state index contributed by atoms with van der Waals surface area (Å²) in [4.78, 5) is 59.0. The molecule has 0 aromatic carbocycles. The number of hydrogen-bond donors (Lipinski definition) is 4. The zero-order valence-electron chi connectivity index (χ0n) is 20.2. The minimum atomic E-state index is -5.01. The van der Waals surface area contributed by atoms with Gasteiger partial charge in [0.25, 0.3) is 17.7 Å². The molecule has 3 heterocycles. The Morgan fingerprint density at radius 2 is 1.97 bits per heavy atom. The summed E-state index contributed by atoms with van der Waals surface area (Å²) in [7, 11) is -5.01. The van der Waals surface area contributed by atoms with Gasteiger partial charge in [-0.15, -0.1) is 11.3 Å². The zero-order chi connectivity index (χ0) is 25.8. The Hall–Kier alpha value is -2.51. The second kappa shape index (κ2) is 12.6. The number of β-lactam (4-membered cyclic amide) rings is 1. The third kappa shape index (κ3) is 7.26. The van der Waals surface area contributed by atoms with Gasteiger partial charge in [0.2, 0.25) is 0 Å². The predicted molar refractivity (Wildman–Crippen MR) is 120 cm³/mol. The molecule has 1 aromatic heterocycles. The molecule has 2 atom stereocenters. The van der Waals surface area contributed by atoms with Crippen LogP contribution in [0.1, 0.15) is 26.4 Å². The van der Waals surface area contributed by atoms with Gasteiger partial charge >= 0.3 is 46.0 Å². The number of likely N-dealkylation sites (tertiary alicyclic amines) is 1. The van der Waals surface area contributed by atoms with Gasteiger partial charge in [-0.05, 0) is 19.3 Å². The Morgan fingerprint density at radius 3 is 2.53 bits per heavy atom. The number of primary amides is 1. The number of aromatic nitrogens is 1. The Labute approximate surface area is 233 Å². The molecule has 0 aliphatic carbocycles. The van der Waals surface area contributed by atoms with Crippen molar-refractivity contribution in [1.82, 2.24) is 19.5 Å². The first kappa shape index (κ1) is 29.7. The standard InChI is InChI=1S/C17H23N7O9S2.Na.H/c18-16-20-9(8-34-16)12(22-33-7-11(25)23-4-2-1-3-5-23)14(26)21-13-10(6-32-17(19)28)24(15(13)27)35(29,30)31;;/h8,10,13H,1-7H2,(H2,18,20)(H2,19,28)(H,21,26)(H,29,30,31);;/q;+1;-1/b22-12-;;/t10-,13+;;/m1../s1. The van der Waals surface area contributed by atoms with Crippen LogP contribution in [-0.4, -0.2) is 95.1 Å². The first-order valence-corrected chi connectivity index (χ1v) is 12.5. The topological polar surface area (TPSA) is 237 Å². The molecule has 0 radical (unpaired) electrons. The van der Waals surface area contributed by atoms with E-state index in [9.17, 15) is 32.1 Å². The van der Waals surface area contributed by atoms with Crippen molar-refractivity contribution in [3.8, 4) is 0 Å². The van der Waals surface area contributed by atoms with E-state index in [-0.39, 0.29) is 52.0 Å². The molecule has 2 aliphatic rings. The van der Waals surface area contributed by atoms with Gasteiger partial charge in [-0.3, -0.25) is 18.9 Å². The van der Waals surface area contributed by atoms with Gasteiger partial charge in [-0.1, -0.05) is 5.16 Å². The number of anilines is 1. The smallest absolute Gasteiger partial charge is 1.00 e. The van der Waals surface area contributed by atoms with Crippen LogP contribution >= 0.6 is 11.3 Å². The molecular weight excluding hydrogens is 533 g/mol. The number of carbonyl (C=O) groups excluding carboxylic acids is 4. The van der Waals surface area contributed by atoms with E-state index in [2.05, 4.69) is 20.2 Å². The molecule has 19 heteroatoms. The third-order valence-corrected chi connectivity index (χ3v) is 6.75. The van der Waals surface area contributed by atoms with Crippen molar-refractivity contribution in [3.05, 3.63) is 11.1 Å². The number of piperidine rings is 1. The first-order valence-electron chi connectivity index (χ1n) is 10.2. The van der Waals surface area contributed by atoms with Crippen molar-refractivity contribution in [3.63, 3.8) is 0 Å². The summed E-state index contributed by atoms with van der Waals surface area (Å²) < 4.78 is 36.8. The molecule has 1 aromatic rings. The number of nitrogens with two attached hydrogens (primary N) is 2. The van der Waals surface area contributed by atoms with E-state index < -0.39 is 59.2 Å². The zero-order valence-corrected chi connectivity index (χ0v) is 22.8. The fraction of sp³-hybridized carbons (Fsp3) is 0.529. The molecule has 2 aliphatic heterocycles. The van der Waals surface area contributed by atoms with Crippen LogP contribution in [0.2, 0.25) is 0 Å². The molecule has 2 saturated heterocycles. The number of amides is 4. The van der Waals surface area contributed by atoms with Crippen LogP contribution in [0.25, 0.3) is 0 Å². The molecular formula is C17H24N7NaO9S2. The van der Waals surface area contributed by atoms with Gasteiger partial charge in [-0.2, -0.15) is 8.42 Å². The largest absolute Gasteiger partial charge is 1.00 e. The van der Waals surface area contributed by atoms with Crippen molar-refractivity contribution in [2.24, 2.45) is 10.9 Å². The maximum Gasteiger partial charge on any atom is 1.00 e. The van der Waals surface area contributed by atoms with E-state index in [1.54, 1.807) is 4.90 Å². The summed E-state index contributed by atoms with van der Waals surface area (Å²) in [6.45, 7) is -0.0114. The van der Waals surface area contributed by atoms with E-state index in [0.29, 0.717) is 13.1 Å². The number of nitrogens with one attached hydrogen (secondary N) is 1. The van der Waals surface area contributed by atoms with Crippen molar-refractivity contribution in [1.29, 1.82) is 0 Å². The maximum absolute atomic E-state index is 12.9. The van der Waals surface area contributed by atoms with Gasteiger partial charge in [0.15, 0.2) is 17.5 Å². The van der Waals surface area contributed by atoms with Crippen LogP contribution in [0.3, 0.4) is 0 Å². The first-order chi connectivity index (χ1) is 16.5. The van der Waals surface area contributed by atoms with E-state index in [1.165, 1.54) is 5.38 Å². The monoisotopic (exact) mass is 557 g/mol. The fourth-order valence-corrected chi connectivity index (χ4v) is 4.90. The Kier molecular flexibility index (Phi) is 10.4. The average Bonchev–Trinajstić information content (AvgIpc) is 3.22. The minimum Gasteiger partial charge on any atom is -1.00 e. The number of rotatable bonds is 9.